The van der Waals surface area contributed by atoms with Gasteiger partial charge in [-0.25, -0.2) is 9.97 Å². The summed E-state index contributed by atoms with van der Waals surface area (Å²) in [7, 11) is 2.01. The average Bonchev–Trinajstić information content (AvgIpc) is 2.25. The molecule has 3 heterocycles. The molecule has 7 heteroatoms. The van der Waals surface area contributed by atoms with Gasteiger partial charge in [0.2, 0.25) is 0 Å². The molecule has 2 aliphatic rings. The summed E-state index contributed by atoms with van der Waals surface area (Å²) in [6.07, 6.45) is -3.42. The number of halogens is 3. The Labute approximate surface area is 96.1 Å². The first-order valence-corrected chi connectivity index (χ1v) is 5.33. The fourth-order valence-corrected chi connectivity index (χ4v) is 2.40. The number of aromatic nitrogens is 2. The number of hydrogen-bond acceptors (Lipinski definition) is 4. The predicted octanol–water partition coefficient (Wildman–Crippen LogP) is 0.998. The van der Waals surface area contributed by atoms with Gasteiger partial charge in [0, 0.05) is 25.2 Å². The number of rotatable bonds is 1. The SMILES string of the molecule is CN1C[C@@H]2C1CN2c1cc(C(F)(F)F)ncn1. The largest absolute Gasteiger partial charge is 0.433 e. The highest BCUT2D eigenvalue weighted by atomic mass is 19.4. The van der Waals surface area contributed by atoms with Crippen molar-refractivity contribution < 1.29 is 13.2 Å². The van der Waals surface area contributed by atoms with E-state index in [1.165, 1.54) is 0 Å². The summed E-state index contributed by atoms with van der Waals surface area (Å²) in [5.74, 6) is 0.377. The highest BCUT2D eigenvalue weighted by molar-refractivity contribution is 5.47. The van der Waals surface area contributed by atoms with E-state index in [4.69, 9.17) is 0 Å². The molecular formula is C10H11F3N4. The van der Waals surface area contributed by atoms with Crippen molar-refractivity contribution in [3.8, 4) is 0 Å². The molecule has 0 N–H and O–H groups in total. The lowest BCUT2D eigenvalue weighted by molar-refractivity contribution is -0.141. The Hall–Kier alpha value is -1.37. The summed E-state index contributed by atoms with van der Waals surface area (Å²) in [5.41, 5.74) is -0.876. The Kier molecular flexibility index (Phi) is 2.10. The maximum atomic E-state index is 12.5. The number of piperazine rings is 1. The average molecular weight is 244 g/mol. The van der Waals surface area contributed by atoms with E-state index in [9.17, 15) is 13.2 Å². The van der Waals surface area contributed by atoms with E-state index in [2.05, 4.69) is 14.9 Å². The van der Waals surface area contributed by atoms with Crippen LogP contribution in [0.1, 0.15) is 5.69 Å². The fourth-order valence-electron chi connectivity index (χ4n) is 2.40. The maximum absolute atomic E-state index is 12.5. The van der Waals surface area contributed by atoms with Gasteiger partial charge in [-0.05, 0) is 7.05 Å². The monoisotopic (exact) mass is 244 g/mol. The first-order chi connectivity index (χ1) is 7.97. The number of hydrogen-bond donors (Lipinski definition) is 0. The zero-order valence-corrected chi connectivity index (χ0v) is 9.15. The third-order valence-electron chi connectivity index (χ3n) is 3.51. The van der Waals surface area contributed by atoms with Gasteiger partial charge in [-0.15, -0.1) is 0 Å². The van der Waals surface area contributed by atoms with E-state index in [0.717, 1.165) is 25.5 Å². The number of likely N-dealkylation sites (tertiary alicyclic amines) is 1. The molecule has 1 aromatic rings. The normalized spacial score (nSPS) is 28.4. The second-order valence-electron chi connectivity index (χ2n) is 4.49. The Morgan fingerprint density at radius 2 is 2.00 bits per heavy atom. The summed E-state index contributed by atoms with van der Waals surface area (Å²) in [6.45, 7) is 1.63. The smallest absolute Gasteiger partial charge is 0.349 e. The zero-order valence-electron chi connectivity index (χ0n) is 9.15. The lowest BCUT2D eigenvalue weighted by atomic mass is 9.86. The summed E-state index contributed by atoms with van der Waals surface area (Å²) in [4.78, 5) is 11.3. The molecule has 0 saturated carbocycles. The van der Waals surface area contributed by atoms with Crippen LogP contribution < -0.4 is 4.90 Å². The molecule has 1 unspecified atom stereocenters. The van der Waals surface area contributed by atoms with E-state index in [1.54, 1.807) is 0 Å². The van der Waals surface area contributed by atoms with Crippen LogP contribution in [0.4, 0.5) is 19.0 Å². The minimum Gasteiger partial charge on any atom is -0.349 e. The van der Waals surface area contributed by atoms with E-state index < -0.39 is 11.9 Å². The van der Waals surface area contributed by atoms with Gasteiger partial charge >= 0.3 is 6.18 Å². The first-order valence-electron chi connectivity index (χ1n) is 5.33. The number of likely N-dealkylation sites (N-methyl/N-ethyl adjacent to an activating group) is 1. The summed E-state index contributed by atoms with van der Waals surface area (Å²) in [6, 6.07) is 1.81. The first kappa shape index (κ1) is 10.8. The topological polar surface area (TPSA) is 32.3 Å². The Bertz CT molecular complexity index is 447. The molecular weight excluding hydrogens is 233 g/mol. The van der Waals surface area contributed by atoms with E-state index in [-0.39, 0.29) is 0 Å². The molecule has 0 amide bonds. The minimum atomic E-state index is -4.40. The van der Waals surface area contributed by atoms with Gasteiger partial charge in [0.05, 0.1) is 6.04 Å². The van der Waals surface area contributed by atoms with Crippen LogP contribution in [0.2, 0.25) is 0 Å². The van der Waals surface area contributed by atoms with Crippen molar-refractivity contribution in [2.45, 2.75) is 18.3 Å². The van der Waals surface area contributed by atoms with Gasteiger partial charge in [0.15, 0.2) is 0 Å². The summed E-state index contributed by atoms with van der Waals surface area (Å²) in [5, 5.41) is 0. The number of anilines is 1. The Morgan fingerprint density at radius 3 is 2.53 bits per heavy atom. The molecule has 1 aromatic heterocycles. The molecule has 0 aromatic carbocycles. The Morgan fingerprint density at radius 1 is 1.24 bits per heavy atom. The molecule has 2 atom stereocenters. The molecule has 0 spiro atoms. The molecule has 2 aliphatic heterocycles. The van der Waals surface area contributed by atoms with Crippen molar-refractivity contribution in [1.82, 2.24) is 14.9 Å². The van der Waals surface area contributed by atoms with Gasteiger partial charge in [-0.3, -0.25) is 4.90 Å². The second kappa shape index (κ2) is 3.32. The van der Waals surface area contributed by atoms with Crippen LogP contribution in [0, 0.1) is 0 Å². The van der Waals surface area contributed by atoms with Crippen molar-refractivity contribution in [3.05, 3.63) is 18.1 Å². The molecule has 2 fully saturated rings. The van der Waals surface area contributed by atoms with Crippen LogP contribution >= 0.6 is 0 Å². The van der Waals surface area contributed by atoms with E-state index >= 15 is 0 Å². The quantitative estimate of drug-likeness (QED) is 0.737. The molecule has 17 heavy (non-hydrogen) atoms. The highest BCUT2D eigenvalue weighted by Crippen LogP contribution is 2.36. The van der Waals surface area contributed by atoms with E-state index in [1.807, 2.05) is 11.9 Å². The molecule has 4 nitrogen and oxygen atoms in total. The number of fused-ring (bicyclic) bond motifs is 1. The Balaban J connectivity index is 1.81. The molecule has 0 radical (unpaired) electrons. The molecule has 3 rings (SSSR count). The highest BCUT2D eigenvalue weighted by Gasteiger charge is 2.50. The van der Waals surface area contributed by atoms with Gasteiger partial charge in [0.1, 0.15) is 17.8 Å². The standard InChI is InChI=1S/C10H11F3N4/c1-16-3-7-6(16)4-17(7)9-2-8(10(11,12)13)14-5-15-9/h2,5-7H,3-4H2,1H3/t6?,7-/m1/s1. The van der Waals surface area contributed by atoms with Crippen LogP contribution in [-0.2, 0) is 6.18 Å². The predicted molar refractivity (Wildman–Crippen MR) is 54.6 cm³/mol. The number of alkyl halides is 3. The molecule has 92 valence electrons. The molecule has 0 bridgehead atoms. The summed E-state index contributed by atoms with van der Waals surface area (Å²) < 4.78 is 37.5. The van der Waals surface area contributed by atoms with Crippen molar-refractivity contribution in [3.63, 3.8) is 0 Å². The number of nitrogens with zero attached hydrogens (tertiary/aromatic N) is 4. The van der Waals surface area contributed by atoms with Crippen molar-refractivity contribution in [2.24, 2.45) is 0 Å². The van der Waals surface area contributed by atoms with Crippen LogP contribution in [-0.4, -0.2) is 47.1 Å². The van der Waals surface area contributed by atoms with E-state index in [0.29, 0.717) is 17.9 Å². The third kappa shape index (κ3) is 1.56. The molecule has 2 saturated heterocycles. The zero-order chi connectivity index (χ0) is 12.2. The fraction of sp³-hybridized carbons (Fsp3) is 0.600. The van der Waals surface area contributed by atoms with Gasteiger partial charge < -0.3 is 4.90 Å². The summed E-state index contributed by atoms with van der Waals surface area (Å²) >= 11 is 0. The van der Waals surface area contributed by atoms with Gasteiger partial charge in [-0.2, -0.15) is 13.2 Å². The van der Waals surface area contributed by atoms with Crippen molar-refractivity contribution in [2.75, 3.05) is 25.0 Å². The lowest BCUT2D eigenvalue weighted by Crippen LogP contribution is -2.78. The van der Waals surface area contributed by atoms with Crippen LogP contribution in [0.25, 0.3) is 0 Å². The molecule has 0 aliphatic carbocycles. The van der Waals surface area contributed by atoms with Crippen molar-refractivity contribution in [1.29, 1.82) is 0 Å². The lowest BCUT2D eigenvalue weighted by Gasteiger charge is -2.61. The van der Waals surface area contributed by atoms with Crippen LogP contribution in [0.15, 0.2) is 12.4 Å². The van der Waals surface area contributed by atoms with Gasteiger partial charge in [0.25, 0.3) is 0 Å². The second-order valence-corrected chi connectivity index (χ2v) is 4.49. The third-order valence-corrected chi connectivity index (χ3v) is 3.51. The van der Waals surface area contributed by atoms with Crippen molar-refractivity contribution >= 4 is 5.82 Å². The van der Waals surface area contributed by atoms with Gasteiger partial charge in [-0.1, -0.05) is 0 Å². The van der Waals surface area contributed by atoms with Crippen LogP contribution in [0.5, 0.6) is 0 Å². The maximum Gasteiger partial charge on any atom is 0.433 e. The minimum absolute atomic E-state index is 0.316. The van der Waals surface area contributed by atoms with Crippen LogP contribution in [0.3, 0.4) is 0 Å².